The van der Waals surface area contributed by atoms with Crippen molar-refractivity contribution in [2.45, 2.75) is 57.0 Å². The van der Waals surface area contributed by atoms with Gasteiger partial charge in [0.15, 0.2) is 0 Å². The molecule has 2 amide bonds. The smallest absolute Gasteiger partial charge is 0.329 e. The van der Waals surface area contributed by atoms with E-state index >= 15 is 0 Å². The Morgan fingerprint density at radius 1 is 1.24 bits per heavy atom. The third kappa shape index (κ3) is 4.18. The van der Waals surface area contributed by atoms with Gasteiger partial charge in [0.25, 0.3) is 0 Å². The highest BCUT2D eigenvalue weighted by Gasteiger charge is 2.43. The Labute approximate surface area is 127 Å². The van der Waals surface area contributed by atoms with Crippen molar-refractivity contribution in [2.24, 2.45) is 5.92 Å². The predicted molar refractivity (Wildman–Crippen MR) is 80.6 cm³/mol. The lowest BCUT2D eigenvalue weighted by atomic mass is 9.76. The van der Waals surface area contributed by atoms with Gasteiger partial charge in [0.2, 0.25) is 0 Å². The zero-order valence-electron chi connectivity index (χ0n) is 12.4. The van der Waals surface area contributed by atoms with Gasteiger partial charge in [-0.15, -0.1) is 0 Å². The molecule has 1 aliphatic heterocycles. The van der Waals surface area contributed by atoms with Gasteiger partial charge in [-0.1, -0.05) is 19.8 Å². The second-order valence-electron chi connectivity index (χ2n) is 6.31. The molecule has 2 rings (SSSR count). The van der Waals surface area contributed by atoms with Gasteiger partial charge in [-0.2, -0.15) is 0 Å². The summed E-state index contributed by atoms with van der Waals surface area (Å²) in [5.74, 6) is 0.555. The van der Waals surface area contributed by atoms with Crippen molar-refractivity contribution < 1.29 is 18.9 Å². The van der Waals surface area contributed by atoms with Gasteiger partial charge in [0.1, 0.15) is 5.54 Å². The summed E-state index contributed by atoms with van der Waals surface area (Å²) >= 11 is 0. The van der Waals surface area contributed by atoms with Crippen LogP contribution in [-0.4, -0.2) is 44.4 Å². The van der Waals surface area contributed by atoms with Crippen molar-refractivity contribution in [2.75, 3.05) is 11.5 Å². The highest BCUT2D eigenvalue weighted by molar-refractivity contribution is 7.85. The van der Waals surface area contributed by atoms with Crippen LogP contribution in [-0.2, 0) is 15.6 Å². The van der Waals surface area contributed by atoms with Gasteiger partial charge in [0, 0.05) is 28.3 Å². The first kappa shape index (κ1) is 16.3. The maximum atomic E-state index is 12.1. The van der Waals surface area contributed by atoms with Crippen LogP contribution in [0.3, 0.4) is 0 Å². The molecule has 6 nitrogen and oxygen atoms in total. The van der Waals surface area contributed by atoms with Crippen LogP contribution in [0.4, 0.5) is 4.79 Å². The molecule has 1 saturated carbocycles. The maximum Gasteiger partial charge on any atom is 0.329 e. The number of amides is 2. The van der Waals surface area contributed by atoms with Crippen LogP contribution in [0.5, 0.6) is 0 Å². The van der Waals surface area contributed by atoms with Crippen molar-refractivity contribution in [1.82, 2.24) is 10.6 Å². The molecule has 2 aliphatic rings. The summed E-state index contributed by atoms with van der Waals surface area (Å²) in [6.07, 6.45) is 4.16. The molecule has 1 heterocycles. The zero-order valence-corrected chi connectivity index (χ0v) is 13.2. The largest absolute Gasteiger partial charge is 0.480 e. The topological polar surface area (TPSA) is 95.5 Å². The first-order chi connectivity index (χ1) is 9.91. The van der Waals surface area contributed by atoms with E-state index in [9.17, 15) is 18.9 Å². The van der Waals surface area contributed by atoms with E-state index < -0.39 is 28.3 Å². The van der Waals surface area contributed by atoms with E-state index in [1.54, 1.807) is 0 Å². The lowest BCUT2D eigenvalue weighted by Gasteiger charge is -2.37. The molecule has 2 fully saturated rings. The second-order valence-corrected chi connectivity index (χ2v) is 8.01. The van der Waals surface area contributed by atoms with E-state index in [1.165, 1.54) is 0 Å². The minimum Gasteiger partial charge on any atom is -0.480 e. The molecule has 1 aliphatic carbocycles. The van der Waals surface area contributed by atoms with E-state index in [0.29, 0.717) is 43.1 Å². The van der Waals surface area contributed by atoms with Crippen molar-refractivity contribution in [3.63, 3.8) is 0 Å². The number of hydrogen-bond donors (Lipinski definition) is 3. The van der Waals surface area contributed by atoms with Gasteiger partial charge in [-0.3, -0.25) is 4.21 Å². The normalized spacial score (nSPS) is 36.7. The number of carboxylic acids is 1. The standard InChI is InChI=1S/C14H24N2O4S/c1-10-3-2-6-14(9-10,12(17)18)16-13(19)15-11-4-7-21(20)8-5-11/h10-11H,2-9H2,1H3,(H,17,18)(H2,15,16,19). The third-order valence-electron chi connectivity index (χ3n) is 4.48. The number of carbonyl (C=O) groups excluding carboxylic acids is 1. The number of carboxylic acid groups (broad SMARTS) is 1. The molecule has 0 aromatic heterocycles. The molecule has 7 heteroatoms. The molecule has 2 atom stereocenters. The summed E-state index contributed by atoms with van der Waals surface area (Å²) in [5.41, 5.74) is -1.14. The van der Waals surface area contributed by atoms with Crippen LogP contribution in [0.15, 0.2) is 0 Å². The first-order valence-corrected chi connectivity index (χ1v) is 9.07. The van der Waals surface area contributed by atoms with Crippen molar-refractivity contribution in [3.8, 4) is 0 Å². The number of nitrogens with one attached hydrogen (secondary N) is 2. The summed E-state index contributed by atoms with van der Waals surface area (Å²) in [6, 6.07) is -0.418. The Bertz CT molecular complexity index is 433. The van der Waals surface area contributed by atoms with Gasteiger partial charge in [-0.25, -0.2) is 9.59 Å². The Hall–Kier alpha value is -1.11. The third-order valence-corrected chi connectivity index (χ3v) is 5.86. The van der Waals surface area contributed by atoms with Gasteiger partial charge >= 0.3 is 12.0 Å². The van der Waals surface area contributed by atoms with Gasteiger partial charge in [0.05, 0.1) is 0 Å². The molecule has 3 N–H and O–H groups in total. The fourth-order valence-corrected chi connectivity index (χ4v) is 4.59. The molecule has 2 unspecified atom stereocenters. The number of carbonyl (C=O) groups is 2. The fourth-order valence-electron chi connectivity index (χ4n) is 3.29. The minimum absolute atomic E-state index is 0.00504. The maximum absolute atomic E-state index is 12.1. The van der Waals surface area contributed by atoms with Crippen molar-refractivity contribution in [3.05, 3.63) is 0 Å². The fraction of sp³-hybridized carbons (Fsp3) is 0.857. The Balaban J connectivity index is 1.92. The van der Waals surface area contributed by atoms with Crippen LogP contribution < -0.4 is 10.6 Å². The van der Waals surface area contributed by atoms with Crippen LogP contribution in [0.2, 0.25) is 0 Å². The van der Waals surface area contributed by atoms with Crippen LogP contribution >= 0.6 is 0 Å². The van der Waals surface area contributed by atoms with E-state index in [2.05, 4.69) is 10.6 Å². The molecular formula is C14H24N2O4S. The number of aliphatic carboxylic acids is 1. The summed E-state index contributed by atoms with van der Waals surface area (Å²) in [6.45, 7) is 2.02. The monoisotopic (exact) mass is 316 g/mol. The van der Waals surface area contributed by atoms with E-state index in [4.69, 9.17) is 0 Å². The highest BCUT2D eigenvalue weighted by Crippen LogP contribution is 2.32. The van der Waals surface area contributed by atoms with Crippen LogP contribution in [0.1, 0.15) is 45.4 Å². The molecule has 0 aromatic rings. The highest BCUT2D eigenvalue weighted by atomic mass is 32.2. The molecule has 0 radical (unpaired) electrons. The van der Waals surface area contributed by atoms with Crippen molar-refractivity contribution >= 4 is 22.8 Å². The quantitative estimate of drug-likeness (QED) is 0.730. The lowest BCUT2D eigenvalue weighted by molar-refractivity contribution is -0.146. The van der Waals surface area contributed by atoms with E-state index in [1.807, 2.05) is 6.92 Å². The number of hydrogen-bond acceptors (Lipinski definition) is 3. The molecule has 21 heavy (non-hydrogen) atoms. The first-order valence-electron chi connectivity index (χ1n) is 7.58. The summed E-state index contributed by atoms with van der Waals surface area (Å²) in [7, 11) is -0.768. The van der Waals surface area contributed by atoms with Crippen LogP contribution in [0.25, 0.3) is 0 Å². The zero-order chi connectivity index (χ0) is 15.5. The molecule has 1 saturated heterocycles. The second kappa shape index (κ2) is 6.77. The SMILES string of the molecule is CC1CCCC(NC(=O)NC2CCS(=O)CC2)(C(=O)O)C1. The minimum atomic E-state index is -1.14. The average Bonchev–Trinajstić information content (AvgIpc) is 2.41. The summed E-state index contributed by atoms with van der Waals surface area (Å²) in [5, 5.41) is 15.0. The van der Waals surface area contributed by atoms with E-state index in [0.717, 1.165) is 12.8 Å². The van der Waals surface area contributed by atoms with Crippen LogP contribution in [0, 0.1) is 5.92 Å². The molecule has 0 bridgehead atoms. The van der Waals surface area contributed by atoms with Gasteiger partial charge in [-0.05, 0) is 31.6 Å². The molecular weight excluding hydrogens is 292 g/mol. The Morgan fingerprint density at radius 2 is 1.90 bits per heavy atom. The lowest BCUT2D eigenvalue weighted by Crippen LogP contribution is -2.60. The number of urea groups is 1. The number of rotatable bonds is 3. The molecule has 120 valence electrons. The molecule has 0 aromatic carbocycles. The molecule has 0 spiro atoms. The Kier molecular flexibility index (Phi) is 5.24. The predicted octanol–water partition coefficient (Wildman–Crippen LogP) is 1.23. The average molecular weight is 316 g/mol. The van der Waals surface area contributed by atoms with Gasteiger partial charge < -0.3 is 15.7 Å². The summed E-state index contributed by atoms with van der Waals surface area (Å²) < 4.78 is 11.3. The van der Waals surface area contributed by atoms with E-state index in [-0.39, 0.29) is 6.04 Å². The van der Waals surface area contributed by atoms with Crippen molar-refractivity contribution in [1.29, 1.82) is 0 Å². The Morgan fingerprint density at radius 3 is 2.48 bits per heavy atom. The summed E-state index contributed by atoms with van der Waals surface area (Å²) in [4.78, 5) is 23.7.